The van der Waals surface area contributed by atoms with Gasteiger partial charge in [0, 0.05) is 74.1 Å². The predicted molar refractivity (Wildman–Crippen MR) is 220 cm³/mol. The number of methoxy groups -OCH3 is 1. The highest BCUT2D eigenvalue weighted by atomic mass is 16.5. The topological polar surface area (TPSA) is 129 Å². The van der Waals surface area contributed by atoms with Crippen molar-refractivity contribution < 1.29 is 23.9 Å². The number of esters is 2. The lowest BCUT2D eigenvalue weighted by Crippen LogP contribution is -2.25. The van der Waals surface area contributed by atoms with E-state index in [4.69, 9.17) is 9.47 Å². The molecule has 4 N–H and O–H groups in total. The summed E-state index contributed by atoms with van der Waals surface area (Å²) in [5.41, 5.74) is 11.3. The fourth-order valence-corrected chi connectivity index (χ4v) is 8.88. The minimum atomic E-state index is -1.13. The highest BCUT2D eigenvalue weighted by molar-refractivity contribution is 6.24. The Labute approximate surface area is 325 Å². The molecular weight excluding hydrogens is 689 g/mol. The third-order valence-corrected chi connectivity index (χ3v) is 12.7. The number of ketones is 1. The van der Waals surface area contributed by atoms with Gasteiger partial charge in [0.25, 0.3) is 0 Å². The van der Waals surface area contributed by atoms with Crippen molar-refractivity contribution in [2.75, 3.05) is 13.7 Å². The first-order valence-electron chi connectivity index (χ1n) is 20.3. The Balaban J connectivity index is 1.42. The van der Waals surface area contributed by atoms with Gasteiger partial charge in [0.1, 0.15) is 5.92 Å². The van der Waals surface area contributed by atoms with Crippen LogP contribution in [0.25, 0.3) is 29.9 Å². The van der Waals surface area contributed by atoms with Gasteiger partial charge in [-0.25, -0.2) is 0 Å². The van der Waals surface area contributed by atoms with Crippen molar-refractivity contribution in [3.8, 4) is 0 Å². The van der Waals surface area contributed by atoms with Gasteiger partial charge in [-0.2, -0.15) is 0 Å². The molecule has 9 heteroatoms. The molecule has 1 unspecified atom stereocenters. The van der Waals surface area contributed by atoms with Crippen molar-refractivity contribution in [1.82, 2.24) is 20.3 Å². The Morgan fingerprint density at radius 1 is 0.909 bits per heavy atom. The van der Waals surface area contributed by atoms with E-state index < -0.39 is 11.9 Å². The highest BCUT2D eigenvalue weighted by Crippen LogP contribution is 2.48. The summed E-state index contributed by atoms with van der Waals surface area (Å²) in [6, 6.07) is 0. The third-order valence-electron chi connectivity index (χ3n) is 12.7. The van der Waals surface area contributed by atoms with Crippen molar-refractivity contribution in [3.63, 3.8) is 0 Å². The van der Waals surface area contributed by atoms with Crippen LogP contribution in [0.5, 0.6) is 0 Å². The number of fused-ring (bicyclic) bond motifs is 7. The molecule has 3 aromatic rings. The third kappa shape index (κ3) is 7.59. The smallest absolute Gasteiger partial charge is 0.321 e. The summed E-state index contributed by atoms with van der Waals surface area (Å²) in [5, 5.41) is 5.65. The first kappa shape index (κ1) is 39.9. The van der Waals surface area contributed by atoms with E-state index in [1.807, 2.05) is 13.0 Å². The fraction of sp³-hybridized carbons (Fsp3) is 0.500. The first-order valence-corrected chi connectivity index (χ1v) is 20.3. The van der Waals surface area contributed by atoms with E-state index in [9.17, 15) is 14.4 Å². The molecule has 2 aliphatic heterocycles. The second kappa shape index (κ2) is 16.5. The van der Waals surface area contributed by atoms with Gasteiger partial charge in [-0.1, -0.05) is 73.0 Å². The molecule has 9 nitrogen and oxygen atoms in total. The number of hydrogen-bond donors (Lipinski definition) is 4. The number of ether oxygens (including phenoxy) is 2. The molecule has 0 aromatic carbocycles. The van der Waals surface area contributed by atoms with E-state index in [0.29, 0.717) is 35.8 Å². The predicted octanol–water partition coefficient (Wildman–Crippen LogP) is 7.93. The van der Waals surface area contributed by atoms with E-state index in [-0.39, 0.29) is 30.0 Å². The molecule has 55 heavy (non-hydrogen) atoms. The van der Waals surface area contributed by atoms with E-state index in [1.54, 1.807) is 0 Å². The zero-order valence-electron chi connectivity index (χ0n) is 34.3. The van der Waals surface area contributed by atoms with Gasteiger partial charge in [-0.05, 0) is 92.4 Å². The van der Waals surface area contributed by atoms with E-state index in [2.05, 4.69) is 93.5 Å². The molecule has 8 bridgehead atoms. The van der Waals surface area contributed by atoms with Crippen LogP contribution in [0.15, 0.2) is 18.0 Å². The van der Waals surface area contributed by atoms with E-state index >= 15 is 0 Å². The zero-order valence-corrected chi connectivity index (χ0v) is 34.3. The maximum atomic E-state index is 14.3. The van der Waals surface area contributed by atoms with Crippen molar-refractivity contribution in [1.29, 1.82) is 0 Å². The number of H-pyrrole nitrogens is 3. The van der Waals surface area contributed by atoms with Crippen LogP contribution in [0, 0.1) is 50.4 Å². The number of carbonyl (C=O) groups is 3. The lowest BCUT2D eigenvalue weighted by atomic mass is 9.85. The summed E-state index contributed by atoms with van der Waals surface area (Å²) in [4.78, 5) is 52.0. The van der Waals surface area contributed by atoms with Crippen LogP contribution in [0.4, 0.5) is 0 Å². The second-order valence-corrected chi connectivity index (χ2v) is 16.2. The maximum absolute atomic E-state index is 14.3. The number of aromatic nitrogens is 3. The Morgan fingerprint density at radius 2 is 1.62 bits per heavy atom. The summed E-state index contributed by atoms with van der Waals surface area (Å²) in [5.74, 6) is -1.28. The molecular formula is C46H60N4O5. The van der Waals surface area contributed by atoms with E-state index in [0.717, 1.165) is 86.6 Å². The zero-order chi connectivity index (χ0) is 39.7. The molecule has 0 radical (unpaired) electrons. The molecule has 294 valence electrons. The van der Waals surface area contributed by atoms with Crippen LogP contribution in [-0.4, -0.2) is 46.4 Å². The summed E-state index contributed by atoms with van der Waals surface area (Å²) >= 11 is 0. The first-order chi connectivity index (χ1) is 26.3. The van der Waals surface area contributed by atoms with Gasteiger partial charge < -0.3 is 29.7 Å². The monoisotopic (exact) mass is 748 g/mol. The highest BCUT2D eigenvalue weighted by Gasteiger charge is 2.48. The van der Waals surface area contributed by atoms with Gasteiger partial charge in [0.05, 0.1) is 19.4 Å². The van der Waals surface area contributed by atoms with Gasteiger partial charge >= 0.3 is 11.9 Å². The van der Waals surface area contributed by atoms with Crippen molar-refractivity contribution in [2.45, 2.75) is 107 Å². The van der Waals surface area contributed by atoms with Crippen LogP contribution < -0.4 is 16.0 Å². The summed E-state index contributed by atoms with van der Waals surface area (Å²) in [6.07, 6.45) is 15.4. The number of carbonyl (C=O) groups excluding carboxylic acids is 3. The van der Waals surface area contributed by atoms with Crippen LogP contribution in [0.2, 0.25) is 0 Å². The number of nitrogens with one attached hydrogen (secondary N) is 4. The normalized spacial score (nSPS) is 23.2. The van der Waals surface area contributed by atoms with Crippen LogP contribution in [-0.2, 0) is 25.5 Å². The molecule has 1 saturated heterocycles. The van der Waals surface area contributed by atoms with Gasteiger partial charge in [0.2, 0.25) is 0 Å². The number of Topliss-reactive ketones (excluding diaryl/α,β-unsaturated/α-hetero) is 1. The molecule has 1 fully saturated rings. The Kier molecular flexibility index (Phi) is 12.0. The molecule has 0 saturated carbocycles. The van der Waals surface area contributed by atoms with Crippen LogP contribution in [0.3, 0.4) is 0 Å². The lowest BCUT2D eigenvalue weighted by molar-refractivity contribution is -0.144. The molecule has 5 atom stereocenters. The summed E-state index contributed by atoms with van der Waals surface area (Å²) < 4.78 is 11.1. The maximum Gasteiger partial charge on any atom is 0.321 e. The molecule has 3 aromatic heterocycles. The number of aromatic amines is 3. The minimum absolute atomic E-state index is 0.0710. The molecule has 1 aliphatic carbocycles. The quantitative estimate of drug-likeness (QED) is 0.0980. The average molecular weight is 749 g/mol. The molecule has 0 spiro atoms. The molecule has 3 aliphatic rings. The number of hydrogen-bond acceptors (Lipinski definition) is 6. The van der Waals surface area contributed by atoms with Gasteiger partial charge in [0.15, 0.2) is 5.78 Å². The van der Waals surface area contributed by atoms with Crippen LogP contribution in [0.1, 0.15) is 141 Å². The Hall–Kier alpha value is -4.79. The fourth-order valence-electron chi connectivity index (χ4n) is 8.88. The molecule has 5 heterocycles. The van der Waals surface area contributed by atoms with Crippen LogP contribution >= 0.6 is 0 Å². The average Bonchev–Trinajstić information content (AvgIpc) is 3.90. The largest absolute Gasteiger partial charge is 0.468 e. The standard InChI is InChI=1S/C46H60N4O5/c1-11-24(4)15-14-16-25(5)19-20-55-39(51)18-17-32-28(8)35-21-33-26(6)30(12-2)37(47-33)22-34-27(7)31(13-3)38(48-34)23-36-29(9)40-44(50-36)41(43(32)49-35)42(45(40)52)46(53)54-10/h12,21-25,28,32,42,47-50H,2,11,13-20H2,1,3-10H3/b34-22-,35-21-,38-23-,43-41-/t24-,25?,28+,32+,42-/m1/s1. The van der Waals surface area contributed by atoms with Gasteiger partial charge in [-0.15, -0.1) is 0 Å². The molecule has 6 rings (SSSR count). The summed E-state index contributed by atoms with van der Waals surface area (Å²) in [7, 11) is 1.32. The SMILES string of the molecule is C=Cc1c2[nH]c(c1C)/C=C1\N/C(=C3\c4[nH]c(c(C)c4C(=O)[C@@H]3C(=O)OC)/C=c3\[nH]/c(c(C)c3CC)=C\2)[C@@H](CCC(=O)OCCC(C)CCC[C@H](C)CC)[C@@H]1C. The van der Waals surface area contributed by atoms with Gasteiger partial charge in [-0.3, -0.25) is 14.4 Å². The van der Waals surface area contributed by atoms with Crippen molar-refractivity contribution in [2.24, 2.45) is 29.6 Å². The minimum Gasteiger partial charge on any atom is -0.468 e. The van der Waals surface area contributed by atoms with Crippen molar-refractivity contribution in [3.05, 3.63) is 84.8 Å². The molecule has 0 amide bonds. The Bertz CT molecular complexity index is 2190. The number of rotatable bonds is 14. The van der Waals surface area contributed by atoms with E-state index in [1.165, 1.54) is 31.9 Å². The summed E-state index contributed by atoms with van der Waals surface area (Å²) in [6.45, 7) is 21.7. The second-order valence-electron chi connectivity index (χ2n) is 16.2. The number of allylic oxidation sites excluding steroid dienone is 2. The Morgan fingerprint density at radius 3 is 2.31 bits per heavy atom. The lowest BCUT2D eigenvalue weighted by Gasteiger charge is -2.20. The van der Waals surface area contributed by atoms with Crippen molar-refractivity contribution >= 4 is 47.6 Å².